The minimum absolute atomic E-state index is 0.199. The summed E-state index contributed by atoms with van der Waals surface area (Å²) in [5, 5.41) is 0.541. The second-order valence-electron chi connectivity index (χ2n) is 5.11. The number of halogens is 2. The Balaban J connectivity index is 2.22. The van der Waals surface area contributed by atoms with E-state index >= 15 is 0 Å². The Kier molecular flexibility index (Phi) is 5.24. The summed E-state index contributed by atoms with van der Waals surface area (Å²) in [6.45, 7) is 3.98. The number of ether oxygens (including phenoxy) is 2. The van der Waals surface area contributed by atoms with E-state index in [-0.39, 0.29) is 5.56 Å². The van der Waals surface area contributed by atoms with Crippen LogP contribution in [0.4, 0.5) is 0 Å². The predicted molar refractivity (Wildman–Crippen MR) is 105 cm³/mol. The summed E-state index contributed by atoms with van der Waals surface area (Å²) < 4.78 is 12.5. The van der Waals surface area contributed by atoms with Crippen molar-refractivity contribution in [2.45, 2.75) is 0 Å². The number of H-pyrrole nitrogens is 1. The van der Waals surface area contributed by atoms with Gasteiger partial charge in [-0.3, -0.25) is 4.79 Å². The Hall–Kier alpha value is -2.12. The molecule has 0 fully saturated rings. The molecule has 0 saturated carbocycles. The quantitative estimate of drug-likeness (QED) is 0.555. The summed E-state index contributed by atoms with van der Waals surface area (Å²) in [5.74, 6) is 1.49. The lowest BCUT2D eigenvalue weighted by molar-refractivity contribution is 0.324. The first-order chi connectivity index (χ1) is 12.1. The van der Waals surface area contributed by atoms with E-state index in [1.54, 1.807) is 37.5 Å². The standard InChI is InChI=1S/C18H14Br2N2O3/c1-3-8-25-16-13(24-2)9-11(14(19)15(16)20)17-21-12-7-5-4-6-10(12)18(23)22-17/h3-7,9H,1,8H2,2H3,(H,21,22,23). The van der Waals surface area contributed by atoms with Gasteiger partial charge in [-0.1, -0.05) is 24.8 Å². The van der Waals surface area contributed by atoms with Crippen LogP contribution in [0.3, 0.4) is 0 Å². The molecule has 0 atom stereocenters. The number of hydrogen-bond donors (Lipinski definition) is 1. The minimum atomic E-state index is -0.199. The van der Waals surface area contributed by atoms with Gasteiger partial charge in [0.1, 0.15) is 12.4 Å². The Labute approximate surface area is 161 Å². The van der Waals surface area contributed by atoms with E-state index in [4.69, 9.17) is 9.47 Å². The predicted octanol–water partition coefficient (Wildman–Crippen LogP) is 4.69. The van der Waals surface area contributed by atoms with Gasteiger partial charge in [-0.25, -0.2) is 4.98 Å². The summed E-state index contributed by atoms with van der Waals surface area (Å²) in [6.07, 6.45) is 1.65. The molecule has 0 unspecified atom stereocenters. The van der Waals surface area contributed by atoms with E-state index in [0.717, 1.165) is 0 Å². The summed E-state index contributed by atoms with van der Waals surface area (Å²) in [6, 6.07) is 8.95. The van der Waals surface area contributed by atoms with Gasteiger partial charge in [0.15, 0.2) is 11.5 Å². The molecule has 0 aliphatic heterocycles. The first kappa shape index (κ1) is 17.7. The third-order valence-electron chi connectivity index (χ3n) is 3.56. The SMILES string of the molecule is C=CCOc1c(OC)cc(-c2nc3ccccc3c(=O)[nH]2)c(Br)c1Br. The fourth-order valence-corrected chi connectivity index (χ4v) is 3.41. The van der Waals surface area contributed by atoms with E-state index in [0.29, 0.717) is 49.3 Å². The topological polar surface area (TPSA) is 64.2 Å². The Bertz CT molecular complexity index is 1020. The Morgan fingerprint density at radius 3 is 2.76 bits per heavy atom. The first-order valence-electron chi connectivity index (χ1n) is 7.36. The van der Waals surface area contributed by atoms with Gasteiger partial charge < -0.3 is 14.5 Å². The van der Waals surface area contributed by atoms with Crippen molar-refractivity contribution in [2.75, 3.05) is 13.7 Å². The van der Waals surface area contributed by atoms with Gasteiger partial charge in [0.25, 0.3) is 5.56 Å². The molecule has 0 saturated heterocycles. The van der Waals surface area contributed by atoms with Crippen molar-refractivity contribution in [2.24, 2.45) is 0 Å². The van der Waals surface area contributed by atoms with Crippen LogP contribution in [-0.4, -0.2) is 23.7 Å². The maximum Gasteiger partial charge on any atom is 0.259 e. The highest BCUT2D eigenvalue weighted by atomic mass is 79.9. The van der Waals surface area contributed by atoms with Crippen molar-refractivity contribution in [3.8, 4) is 22.9 Å². The zero-order valence-corrected chi connectivity index (χ0v) is 16.5. The number of fused-ring (bicyclic) bond motifs is 1. The number of nitrogens with zero attached hydrogens (tertiary/aromatic N) is 1. The number of benzene rings is 2. The molecule has 1 heterocycles. The van der Waals surface area contributed by atoms with Crippen LogP contribution in [0.2, 0.25) is 0 Å². The molecular weight excluding hydrogens is 452 g/mol. The second-order valence-corrected chi connectivity index (χ2v) is 6.70. The van der Waals surface area contributed by atoms with Crippen molar-refractivity contribution in [1.29, 1.82) is 0 Å². The van der Waals surface area contributed by atoms with Crippen molar-refractivity contribution >= 4 is 42.8 Å². The number of para-hydroxylation sites is 1. The van der Waals surface area contributed by atoms with Crippen LogP contribution in [0.5, 0.6) is 11.5 Å². The van der Waals surface area contributed by atoms with Gasteiger partial charge in [-0.15, -0.1) is 0 Å². The molecule has 3 rings (SSSR count). The van der Waals surface area contributed by atoms with E-state index < -0.39 is 0 Å². The smallest absolute Gasteiger partial charge is 0.259 e. The Morgan fingerprint density at radius 1 is 1.28 bits per heavy atom. The van der Waals surface area contributed by atoms with Crippen molar-refractivity contribution < 1.29 is 9.47 Å². The lowest BCUT2D eigenvalue weighted by Gasteiger charge is -2.15. The number of rotatable bonds is 5. The zero-order chi connectivity index (χ0) is 18.0. The van der Waals surface area contributed by atoms with Crippen LogP contribution in [0.25, 0.3) is 22.3 Å². The maximum absolute atomic E-state index is 12.3. The number of aromatic amines is 1. The largest absolute Gasteiger partial charge is 0.493 e. The highest BCUT2D eigenvalue weighted by molar-refractivity contribution is 9.13. The highest BCUT2D eigenvalue weighted by Gasteiger charge is 2.19. The van der Waals surface area contributed by atoms with Gasteiger partial charge in [0, 0.05) is 10.0 Å². The van der Waals surface area contributed by atoms with Crippen LogP contribution in [0, 0.1) is 0 Å². The minimum Gasteiger partial charge on any atom is -0.493 e. The van der Waals surface area contributed by atoms with Crippen LogP contribution < -0.4 is 15.0 Å². The van der Waals surface area contributed by atoms with Crippen LogP contribution in [0.15, 0.2) is 56.7 Å². The fourth-order valence-electron chi connectivity index (χ4n) is 2.40. The van der Waals surface area contributed by atoms with Gasteiger partial charge in [0.2, 0.25) is 0 Å². The molecule has 0 spiro atoms. The number of aromatic nitrogens is 2. The van der Waals surface area contributed by atoms with Crippen LogP contribution in [-0.2, 0) is 0 Å². The molecule has 1 N–H and O–H groups in total. The molecule has 5 nitrogen and oxygen atoms in total. The third-order valence-corrected chi connectivity index (χ3v) is 5.67. The summed E-state index contributed by atoms with van der Waals surface area (Å²) >= 11 is 7.05. The lowest BCUT2D eigenvalue weighted by Crippen LogP contribution is -2.10. The highest BCUT2D eigenvalue weighted by Crippen LogP contribution is 2.45. The molecule has 25 heavy (non-hydrogen) atoms. The van der Waals surface area contributed by atoms with E-state index in [9.17, 15) is 4.79 Å². The van der Waals surface area contributed by atoms with E-state index in [2.05, 4.69) is 48.4 Å². The molecule has 128 valence electrons. The van der Waals surface area contributed by atoms with Gasteiger partial charge in [-0.05, 0) is 50.1 Å². The molecule has 1 aromatic heterocycles. The Morgan fingerprint density at radius 2 is 2.04 bits per heavy atom. The van der Waals surface area contributed by atoms with Crippen molar-refractivity contribution in [3.63, 3.8) is 0 Å². The van der Waals surface area contributed by atoms with E-state index in [1.807, 2.05) is 6.07 Å². The zero-order valence-electron chi connectivity index (χ0n) is 13.3. The molecule has 0 radical (unpaired) electrons. The second kappa shape index (κ2) is 7.41. The van der Waals surface area contributed by atoms with Crippen molar-refractivity contribution in [3.05, 3.63) is 62.3 Å². The van der Waals surface area contributed by atoms with Crippen molar-refractivity contribution in [1.82, 2.24) is 9.97 Å². The lowest BCUT2D eigenvalue weighted by atomic mass is 10.1. The number of nitrogens with one attached hydrogen (secondary N) is 1. The monoisotopic (exact) mass is 464 g/mol. The maximum atomic E-state index is 12.3. The molecule has 0 amide bonds. The molecule has 0 aliphatic rings. The average molecular weight is 466 g/mol. The molecule has 2 aromatic carbocycles. The normalized spacial score (nSPS) is 10.7. The van der Waals surface area contributed by atoms with Crippen LogP contribution in [0.1, 0.15) is 0 Å². The average Bonchev–Trinajstić information content (AvgIpc) is 2.63. The number of hydrogen-bond acceptors (Lipinski definition) is 4. The number of methoxy groups -OCH3 is 1. The van der Waals surface area contributed by atoms with Gasteiger partial charge in [-0.2, -0.15) is 0 Å². The summed E-state index contributed by atoms with van der Waals surface area (Å²) in [4.78, 5) is 19.7. The molecule has 0 aliphatic carbocycles. The van der Waals surface area contributed by atoms with Gasteiger partial charge in [0.05, 0.1) is 22.5 Å². The van der Waals surface area contributed by atoms with Gasteiger partial charge >= 0.3 is 0 Å². The van der Waals surface area contributed by atoms with Crippen LogP contribution >= 0.6 is 31.9 Å². The fraction of sp³-hybridized carbons (Fsp3) is 0.111. The molecule has 0 bridgehead atoms. The summed E-state index contributed by atoms with van der Waals surface area (Å²) in [5.41, 5.74) is 1.10. The molecular formula is C18H14Br2N2O3. The van der Waals surface area contributed by atoms with E-state index in [1.165, 1.54) is 0 Å². The summed E-state index contributed by atoms with van der Waals surface area (Å²) in [7, 11) is 1.55. The molecule has 7 heteroatoms. The molecule has 3 aromatic rings. The first-order valence-corrected chi connectivity index (χ1v) is 8.94. The third kappa shape index (κ3) is 3.34.